The first-order valence-electron chi connectivity index (χ1n) is 12.2. The van der Waals surface area contributed by atoms with Crippen LogP contribution in [0.3, 0.4) is 0 Å². The van der Waals surface area contributed by atoms with Gasteiger partial charge in [-0.05, 0) is 66.4 Å². The molecule has 0 saturated carbocycles. The maximum atomic E-state index is 15.1. The number of anilines is 1. The minimum atomic E-state index is -1.05. The molecule has 39 heavy (non-hydrogen) atoms. The molecule has 0 bridgehead atoms. The summed E-state index contributed by atoms with van der Waals surface area (Å²) in [5, 5.41) is 17.7. The fourth-order valence-electron chi connectivity index (χ4n) is 4.77. The van der Waals surface area contributed by atoms with Crippen molar-refractivity contribution in [1.29, 1.82) is 0 Å². The third-order valence-corrected chi connectivity index (χ3v) is 7.39. The van der Waals surface area contributed by atoms with Gasteiger partial charge in [0, 0.05) is 41.7 Å². The van der Waals surface area contributed by atoms with E-state index in [1.165, 1.54) is 29.5 Å². The van der Waals surface area contributed by atoms with Gasteiger partial charge in [0.1, 0.15) is 11.6 Å². The van der Waals surface area contributed by atoms with Crippen LogP contribution in [-0.4, -0.2) is 35.6 Å². The molecule has 8 nitrogen and oxygen atoms in total. The lowest BCUT2D eigenvalue weighted by atomic mass is 9.81. The highest BCUT2D eigenvalue weighted by Crippen LogP contribution is 2.41. The van der Waals surface area contributed by atoms with Gasteiger partial charge in [0.25, 0.3) is 0 Å². The second-order valence-electron chi connectivity index (χ2n) is 9.36. The molecule has 200 valence electrons. The molecular weight excluding hydrogens is 521 g/mol. The average Bonchev–Trinajstić information content (AvgIpc) is 3.42. The maximum Gasteiger partial charge on any atom is 0.335 e. The van der Waals surface area contributed by atoms with Gasteiger partial charge in [-0.2, -0.15) is 0 Å². The summed E-state index contributed by atoms with van der Waals surface area (Å²) in [6.07, 6.45) is 2.56. The molecule has 4 aromatic rings. The maximum absolute atomic E-state index is 15.1. The van der Waals surface area contributed by atoms with Crippen molar-refractivity contribution in [3.05, 3.63) is 88.7 Å². The largest absolute Gasteiger partial charge is 0.493 e. The molecule has 1 aliphatic rings. The number of hydrogen-bond acceptors (Lipinski definition) is 7. The summed E-state index contributed by atoms with van der Waals surface area (Å²) >= 11 is 1.35. The molecule has 10 heteroatoms. The number of halogens is 1. The highest BCUT2D eigenvalue weighted by atomic mass is 32.1. The average molecular weight is 548 g/mol. The Morgan fingerprint density at radius 2 is 1.95 bits per heavy atom. The molecule has 3 aromatic carbocycles. The van der Waals surface area contributed by atoms with E-state index >= 15 is 4.39 Å². The van der Waals surface area contributed by atoms with E-state index in [-0.39, 0.29) is 23.6 Å². The van der Waals surface area contributed by atoms with E-state index < -0.39 is 17.3 Å². The number of fused-ring (bicyclic) bond motifs is 1. The van der Waals surface area contributed by atoms with Gasteiger partial charge in [0.05, 0.1) is 12.7 Å². The second kappa shape index (κ2) is 10.8. The number of carboxylic acid groups (broad SMARTS) is 1. The molecule has 5 rings (SSSR count). The van der Waals surface area contributed by atoms with Crippen molar-refractivity contribution in [2.75, 3.05) is 19.0 Å². The zero-order valence-electron chi connectivity index (χ0n) is 21.3. The third kappa shape index (κ3) is 5.62. The lowest BCUT2D eigenvalue weighted by molar-refractivity contribution is -0.117. The van der Waals surface area contributed by atoms with Crippen molar-refractivity contribution in [1.82, 2.24) is 10.3 Å². The van der Waals surface area contributed by atoms with Crippen molar-refractivity contribution in [2.24, 2.45) is 0 Å². The van der Waals surface area contributed by atoms with Crippen LogP contribution in [0.5, 0.6) is 17.2 Å². The molecule has 0 radical (unpaired) electrons. The topological polar surface area (TPSA) is 110 Å². The monoisotopic (exact) mass is 547 g/mol. The molecule has 0 aliphatic carbocycles. The van der Waals surface area contributed by atoms with Gasteiger partial charge in [-0.25, -0.2) is 14.2 Å². The molecular formula is C29H26FN3O5S. The van der Waals surface area contributed by atoms with Crippen LogP contribution in [0, 0.1) is 5.82 Å². The Kier molecular flexibility index (Phi) is 7.32. The lowest BCUT2D eigenvalue weighted by Gasteiger charge is -2.37. The fourth-order valence-corrected chi connectivity index (χ4v) is 5.32. The summed E-state index contributed by atoms with van der Waals surface area (Å²) in [7, 11) is 1.54. The van der Waals surface area contributed by atoms with Crippen molar-refractivity contribution >= 4 is 28.3 Å². The molecule has 2 heterocycles. The van der Waals surface area contributed by atoms with Gasteiger partial charge in [-0.3, -0.25) is 4.79 Å². The second-order valence-corrected chi connectivity index (χ2v) is 10.3. The number of carboxylic acids is 1. The van der Waals surface area contributed by atoms with E-state index in [0.29, 0.717) is 34.3 Å². The fraction of sp³-hybridized carbons (Fsp3) is 0.207. The molecule has 0 fully saturated rings. The summed E-state index contributed by atoms with van der Waals surface area (Å²) < 4.78 is 26.8. The summed E-state index contributed by atoms with van der Waals surface area (Å²) in [5.74, 6) is -0.568. The number of ether oxygens (including phenoxy) is 2. The van der Waals surface area contributed by atoms with E-state index in [9.17, 15) is 9.59 Å². The summed E-state index contributed by atoms with van der Waals surface area (Å²) in [5.41, 5.74) is 2.26. The zero-order chi connectivity index (χ0) is 27.6. The van der Waals surface area contributed by atoms with Crippen molar-refractivity contribution in [3.63, 3.8) is 0 Å². The van der Waals surface area contributed by atoms with E-state index in [2.05, 4.69) is 15.6 Å². The standard InChI is InChI=1S/C29H26FN3O5S/c1-29(16-26(34)33-28-31-11-12-39-28)22-15-25(24(37-2)13-19(22)9-10-32-29)38-20-7-8-21(23(30)14-20)17-3-5-18(6-4-17)27(35)36/h3-8,11-15,32H,9-10,16H2,1-2H3,(H,35,36)(H,31,33,34)/t29-/m1/s1. The van der Waals surface area contributed by atoms with Crippen LogP contribution in [0.25, 0.3) is 11.1 Å². The van der Waals surface area contributed by atoms with Gasteiger partial charge in [-0.1, -0.05) is 12.1 Å². The van der Waals surface area contributed by atoms with E-state index in [1.54, 1.807) is 43.0 Å². The van der Waals surface area contributed by atoms with Crippen LogP contribution in [0.1, 0.15) is 34.8 Å². The lowest BCUT2D eigenvalue weighted by Crippen LogP contribution is -2.47. The van der Waals surface area contributed by atoms with Crippen LogP contribution in [0.2, 0.25) is 0 Å². The number of aromatic nitrogens is 1. The highest BCUT2D eigenvalue weighted by molar-refractivity contribution is 7.13. The van der Waals surface area contributed by atoms with Gasteiger partial charge < -0.3 is 25.2 Å². The van der Waals surface area contributed by atoms with E-state index in [0.717, 1.165) is 17.5 Å². The normalized spacial score (nSPS) is 16.3. The number of amides is 1. The van der Waals surface area contributed by atoms with Crippen LogP contribution in [-0.2, 0) is 16.8 Å². The minimum Gasteiger partial charge on any atom is -0.493 e. The Morgan fingerprint density at radius 3 is 2.62 bits per heavy atom. The number of nitrogens with one attached hydrogen (secondary N) is 2. The number of thiazole rings is 1. The molecule has 1 atom stereocenters. The third-order valence-electron chi connectivity index (χ3n) is 6.70. The smallest absolute Gasteiger partial charge is 0.335 e. The van der Waals surface area contributed by atoms with Gasteiger partial charge in [0.2, 0.25) is 5.91 Å². The molecule has 1 aromatic heterocycles. The molecule has 0 unspecified atom stereocenters. The summed E-state index contributed by atoms with van der Waals surface area (Å²) in [6, 6.07) is 14.2. The Hall–Kier alpha value is -4.28. The van der Waals surface area contributed by atoms with E-state index in [1.807, 2.05) is 19.1 Å². The first-order chi connectivity index (χ1) is 18.8. The molecule has 1 aliphatic heterocycles. The first-order valence-corrected chi connectivity index (χ1v) is 13.1. The van der Waals surface area contributed by atoms with Gasteiger partial charge >= 0.3 is 5.97 Å². The van der Waals surface area contributed by atoms with Crippen molar-refractivity contribution < 1.29 is 28.6 Å². The number of carbonyl (C=O) groups excluding carboxylic acids is 1. The quantitative estimate of drug-likeness (QED) is 0.254. The molecule has 0 spiro atoms. The zero-order valence-corrected chi connectivity index (χ0v) is 22.1. The van der Waals surface area contributed by atoms with Gasteiger partial charge in [0.15, 0.2) is 16.6 Å². The molecule has 0 saturated heterocycles. The summed E-state index contributed by atoms with van der Waals surface area (Å²) in [6.45, 7) is 2.66. The number of hydrogen-bond donors (Lipinski definition) is 3. The van der Waals surface area contributed by atoms with Gasteiger partial charge in [-0.15, -0.1) is 11.3 Å². The SMILES string of the molecule is COc1cc2c(cc1Oc1ccc(-c3ccc(C(=O)O)cc3)c(F)c1)[C@@](C)(CC(=O)Nc1nccs1)NCC2. The summed E-state index contributed by atoms with van der Waals surface area (Å²) in [4.78, 5) is 28.0. The first kappa shape index (κ1) is 26.3. The predicted octanol–water partition coefficient (Wildman–Crippen LogP) is 5.84. The number of methoxy groups -OCH3 is 1. The number of rotatable bonds is 8. The van der Waals surface area contributed by atoms with E-state index in [4.69, 9.17) is 14.6 Å². The molecule has 3 N–H and O–H groups in total. The van der Waals surface area contributed by atoms with Crippen LogP contribution in [0.15, 0.2) is 66.2 Å². The molecule has 1 amide bonds. The predicted molar refractivity (Wildman–Crippen MR) is 146 cm³/mol. The van der Waals surface area contributed by atoms with Crippen LogP contribution in [0.4, 0.5) is 9.52 Å². The van der Waals surface area contributed by atoms with Crippen LogP contribution < -0.4 is 20.1 Å². The minimum absolute atomic E-state index is 0.126. The number of aromatic carboxylic acids is 1. The Morgan fingerprint density at radius 1 is 1.15 bits per heavy atom. The number of carbonyl (C=O) groups is 2. The highest BCUT2D eigenvalue weighted by Gasteiger charge is 2.35. The van der Waals surface area contributed by atoms with Crippen molar-refractivity contribution in [3.8, 4) is 28.4 Å². The van der Waals surface area contributed by atoms with Crippen LogP contribution >= 0.6 is 11.3 Å². The number of nitrogens with zero attached hydrogens (tertiary/aromatic N) is 1. The Bertz CT molecular complexity index is 1520. The van der Waals surface area contributed by atoms with Crippen molar-refractivity contribution in [2.45, 2.75) is 25.3 Å². The number of benzene rings is 3. The Balaban J connectivity index is 1.41. The Labute approximate surface area is 228 Å².